The van der Waals surface area contributed by atoms with Gasteiger partial charge >= 0.3 is 0 Å². The molecule has 0 fully saturated rings. The molecule has 35 heavy (non-hydrogen) atoms. The third kappa shape index (κ3) is 4.93. The fourth-order valence-corrected chi connectivity index (χ4v) is 4.60. The first-order valence-electron chi connectivity index (χ1n) is 10.6. The van der Waals surface area contributed by atoms with Gasteiger partial charge in [0.1, 0.15) is 22.6 Å². The average molecular weight is 496 g/mol. The first-order chi connectivity index (χ1) is 17.0. The molecule has 1 aromatic heterocycles. The van der Waals surface area contributed by atoms with E-state index in [2.05, 4.69) is 18.1 Å². The summed E-state index contributed by atoms with van der Waals surface area (Å²) in [6.45, 7) is 7.59. The summed E-state index contributed by atoms with van der Waals surface area (Å²) in [6.07, 6.45) is 4.54. The number of fused-ring (bicyclic) bond motifs is 2. The minimum Gasteiger partial charge on any atom is -0.505 e. The lowest BCUT2D eigenvalue weighted by Crippen LogP contribution is -2.29. The smallest absolute Gasteiger partial charge is 0.265 e. The molecule has 0 atom stereocenters. The molecule has 2 heterocycles. The van der Waals surface area contributed by atoms with Crippen LogP contribution in [0.15, 0.2) is 67.9 Å². The van der Waals surface area contributed by atoms with E-state index in [0.29, 0.717) is 10.9 Å². The number of benzene rings is 2. The van der Waals surface area contributed by atoms with Crippen LogP contribution in [-0.4, -0.2) is 46.4 Å². The predicted molar refractivity (Wildman–Crippen MR) is 129 cm³/mol. The average Bonchev–Trinajstić information content (AvgIpc) is 3.11. The number of carbonyl (C=O) groups excluding carboxylic acids is 2. The normalized spacial score (nSPS) is 12.9. The van der Waals surface area contributed by atoms with Crippen molar-refractivity contribution in [2.45, 2.75) is 6.54 Å². The summed E-state index contributed by atoms with van der Waals surface area (Å²) in [4.78, 5) is 31.8. The molecular formula is C25H22FN2O6P. The molecule has 2 amide bonds. The van der Waals surface area contributed by atoms with Crippen molar-refractivity contribution in [3.8, 4) is 11.5 Å². The molecule has 0 spiro atoms. The van der Waals surface area contributed by atoms with Gasteiger partial charge in [0.15, 0.2) is 12.1 Å². The Morgan fingerprint density at radius 3 is 2.34 bits per heavy atom. The van der Waals surface area contributed by atoms with Crippen LogP contribution in [-0.2, 0) is 15.6 Å². The van der Waals surface area contributed by atoms with Crippen molar-refractivity contribution in [3.63, 3.8) is 0 Å². The number of amides is 2. The van der Waals surface area contributed by atoms with Gasteiger partial charge in [-0.2, -0.15) is 0 Å². The van der Waals surface area contributed by atoms with Crippen molar-refractivity contribution in [1.82, 2.24) is 9.88 Å². The van der Waals surface area contributed by atoms with E-state index in [0.717, 1.165) is 4.90 Å². The number of phenols is 1. The van der Waals surface area contributed by atoms with Gasteiger partial charge in [-0.3, -0.25) is 19.5 Å². The summed E-state index contributed by atoms with van der Waals surface area (Å²) in [6, 6.07) is 8.71. The van der Waals surface area contributed by atoms with Crippen LogP contribution in [0.3, 0.4) is 0 Å². The van der Waals surface area contributed by atoms with Crippen molar-refractivity contribution in [1.29, 1.82) is 0 Å². The van der Waals surface area contributed by atoms with E-state index in [9.17, 15) is 19.1 Å². The fourth-order valence-electron chi connectivity index (χ4n) is 3.60. The van der Waals surface area contributed by atoms with Crippen molar-refractivity contribution in [2.75, 3.05) is 19.6 Å². The Kier molecular flexibility index (Phi) is 7.51. The van der Waals surface area contributed by atoms with Crippen LogP contribution in [0.5, 0.6) is 11.5 Å². The summed E-state index contributed by atoms with van der Waals surface area (Å²) in [5.41, 5.74) is 0.401. The summed E-state index contributed by atoms with van der Waals surface area (Å²) in [7, 11) is -1.54. The second-order valence-corrected chi connectivity index (χ2v) is 8.87. The molecule has 1 N–H and O–H groups in total. The summed E-state index contributed by atoms with van der Waals surface area (Å²) in [5, 5.41) is 11.2. The highest BCUT2D eigenvalue weighted by atomic mass is 31.2. The van der Waals surface area contributed by atoms with Crippen LogP contribution < -0.4 is 4.74 Å². The lowest BCUT2D eigenvalue weighted by atomic mass is 10.0. The van der Waals surface area contributed by atoms with E-state index in [4.69, 9.17) is 13.8 Å². The third-order valence-corrected chi connectivity index (χ3v) is 6.36. The van der Waals surface area contributed by atoms with Crippen molar-refractivity contribution in [3.05, 3.63) is 90.4 Å². The van der Waals surface area contributed by atoms with Crippen molar-refractivity contribution >= 4 is 31.1 Å². The van der Waals surface area contributed by atoms with Crippen LogP contribution >= 0.6 is 8.38 Å². The summed E-state index contributed by atoms with van der Waals surface area (Å²) < 4.78 is 30.6. The Morgan fingerprint density at radius 1 is 1.03 bits per heavy atom. The SMILES string of the molecule is C=CCOP(COc1c2c(c(O)c3ncccc13)C(=O)N(Cc1ccc(F)cc1)C2=O)OCC=C. The first-order valence-corrected chi connectivity index (χ1v) is 11.9. The van der Waals surface area contributed by atoms with Crippen molar-refractivity contribution < 1.29 is 32.9 Å². The predicted octanol–water partition coefficient (Wildman–Crippen LogP) is 4.93. The van der Waals surface area contributed by atoms with Gasteiger partial charge in [0.05, 0.1) is 25.3 Å². The Labute approximate surface area is 202 Å². The standard InChI is InChI=1S/C25H22FN2O6P/c1-3-12-33-35(34-13-4-2)15-32-23-18-6-5-11-27-21(18)22(29)19-20(23)25(31)28(24(19)30)14-16-7-9-17(26)10-8-16/h3-11,29H,1-2,12-15H2. The number of halogens is 1. The van der Waals surface area contributed by atoms with E-state index in [1.54, 1.807) is 24.3 Å². The molecule has 8 nitrogen and oxygen atoms in total. The number of nitrogens with zero attached hydrogens (tertiary/aromatic N) is 2. The van der Waals surface area contributed by atoms with E-state index >= 15 is 0 Å². The van der Waals surface area contributed by atoms with E-state index in [-0.39, 0.29) is 48.5 Å². The topological polar surface area (TPSA) is 98.2 Å². The second kappa shape index (κ2) is 10.7. The Balaban J connectivity index is 1.73. The fraction of sp³-hybridized carbons (Fsp3) is 0.160. The number of hydrogen-bond acceptors (Lipinski definition) is 7. The highest BCUT2D eigenvalue weighted by Crippen LogP contribution is 2.46. The molecule has 4 rings (SSSR count). The number of pyridine rings is 1. The Hall–Kier alpha value is -3.65. The van der Waals surface area contributed by atoms with Gasteiger partial charge in [0.25, 0.3) is 11.8 Å². The number of aromatic nitrogens is 1. The molecule has 3 aromatic rings. The van der Waals surface area contributed by atoms with Crippen LogP contribution in [0.25, 0.3) is 10.9 Å². The van der Waals surface area contributed by atoms with Gasteiger partial charge in [-0.15, -0.1) is 13.2 Å². The van der Waals surface area contributed by atoms with Gasteiger partial charge < -0.3 is 18.9 Å². The van der Waals surface area contributed by atoms with Crippen molar-refractivity contribution in [2.24, 2.45) is 0 Å². The largest absolute Gasteiger partial charge is 0.505 e. The quantitative estimate of drug-likeness (QED) is 0.228. The first kappa shape index (κ1) is 24.5. The molecule has 1 aliphatic heterocycles. The van der Waals surface area contributed by atoms with Gasteiger partial charge in [0, 0.05) is 11.6 Å². The van der Waals surface area contributed by atoms with Gasteiger partial charge in [0.2, 0.25) is 8.38 Å². The number of aromatic hydroxyl groups is 1. The maximum atomic E-state index is 13.4. The van der Waals surface area contributed by atoms with E-state index in [1.165, 1.54) is 30.5 Å². The minimum absolute atomic E-state index is 0.0579. The number of imide groups is 1. The summed E-state index contributed by atoms with van der Waals surface area (Å²) >= 11 is 0. The number of hydrogen-bond donors (Lipinski definition) is 1. The molecule has 180 valence electrons. The lowest BCUT2D eigenvalue weighted by Gasteiger charge is -2.19. The van der Waals surface area contributed by atoms with Crippen LogP contribution in [0, 0.1) is 5.82 Å². The lowest BCUT2D eigenvalue weighted by molar-refractivity contribution is 0.0640. The monoisotopic (exact) mass is 496 g/mol. The molecule has 0 radical (unpaired) electrons. The zero-order valence-electron chi connectivity index (χ0n) is 18.6. The second-order valence-electron chi connectivity index (χ2n) is 7.43. The molecule has 0 unspecified atom stereocenters. The molecule has 10 heteroatoms. The molecule has 2 aromatic carbocycles. The van der Waals surface area contributed by atoms with Crippen LogP contribution in [0.2, 0.25) is 0 Å². The zero-order chi connectivity index (χ0) is 24.9. The Bertz CT molecular complexity index is 1290. The molecule has 1 aliphatic rings. The maximum absolute atomic E-state index is 13.4. The van der Waals surface area contributed by atoms with Crippen LogP contribution in [0.1, 0.15) is 26.3 Å². The van der Waals surface area contributed by atoms with Gasteiger partial charge in [-0.05, 0) is 29.8 Å². The number of carbonyl (C=O) groups is 2. The number of rotatable bonds is 11. The van der Waals surface area contributed by atoms with Gasteiger partial charge in [-0.25, -0.2) is 4.39 Å². The Morgan fingerprint density at radius 2 is 1.69 bits per heavy atom. The molecule has 0 saturated carbocycles. The van der Waals surface area contributed by atoms with Crippen LogP contribution in [0.4, 0.5) is 4.39 Å². The molecule has 0 saturated heterocycles. The minimum atomic E-state index is -1.54. The number of ether oxygens (including phenoxy) is 1. The van der Waals surface area contributed by atoms with Gasteiger partial charge in [-0.1, -0.05) is 24.3 Å². The summed E-state index contributed by atoms with van der Waals surface area (Å²) in [5.74, 6) is -2.09. The van der Waals surface area contributed by atoms with E-state index in [1.807, 2.05) is 0 Å². The molecule has 0 aliphatic carbocycles. The third-order valence-electron chi connectivity index (χ3n) is 5.15. The molecular weight excluding hydrogens is 474 g/mol. The highest BCUT2D eigenvalue weighted by molar-refractivity contribution is 7.47. The highest BCUT2D eigenvalue weighted by Gasteiger charge is 2.42. The molecule has 0 bridgehead atoms. The van der Waals surface area contributed by atoms with E-state index < -0.39 is 31.8 Å². The number of phenolic OH excluding ortho intramolecular Hbond substituents is 1. The maximum Gasteiger partial charge on any atom is 0.265 e. The zero-order valence-corrected chi connectivity index (χ0v) is 19.5.